The number of hydrogen-bond acceptors (Lipinski definition) is 8. The minimum atomic E-state index is -0.383. The fourth-order valence-corrected chi connectivity index (χ4v) is 6.91. The summed E-state index contributed by atoms with van der Waals surface area (Å²) in [5.41, 5.74) is 1.85. The molecule has 0 spiro atoms. The maximum atomic E-state index is 11.8. The zero-order valence-electron chi connectivity index (χ0n) is 24.3. The Hall–Kier alpha value is -3.24. The van der Waals surface area contributed by atoms with Crippen molar-refractivity contribution in [2.45, 2.75) is 81.9 Å². The molecule has 2 saturated carbocycles. The highest BCUT2D eigenvalue weighted by Crippen LogP contribution is 2.40. The molecule has 3 heterocycles. The van der Waals surface area contributed by atoms with Crippen molar-refractivity contribution < 1.29 is 19.0 Å². The summed E-state index contributed by atoms with van der Waals surface area (Å²) in [6.45, 7) is 4.22. The van der Waals surface area contributed by atoms with Crippen LogP contribution in [0.25, 0.3) is 0 Å². The van der Waals surface area contributed by atoms with Gasteiger partial charge < -0.3 is 18.8 Å². The standard InChI is InChI=1S/C31H42N6O4/c1-35-29(21-41-28-5-3-4-24(18-28)31(38)39-2)33-34-30(35)23-8-6-22(7-9-23)25-19-32-37(20-25)27-12-10-26(11-13-27)36-14-16-40-17-15-36/h3-5,18-20,22-23,26-27H,6-17,21H2,1-2H3. The van der Waals surface area contributed by atoms with Crippen LogP contribution in [0.1, 0.15) is 96.8 Å². The number of benzene rings is 1. The summed E-state index contributed by atoms with van der Waals surface area (Å²) >= 11 is 0. The van der Waals surface area contributed by atoms with Crippen molar-refractivity contribution in [2.75, 3.05) is 33.4 Å². The summed E-state index contributed by atoms with van der Waals surface area (Å²) in [6, 6.07) is 8.24. The van der Waals surface area contributed by atoms with E-state index in [1.54, 1.807) is 18.2 Å². The van der Waals surface area contributed by atoms with E-state index in [9.17, 15) is 4.79 Å². The topological polar surface area (TPSA) is 96.5 Å². The summed E-state index contributed by atoms with van der Waals surface area (Å²) in [6.07, 6.45) is 13.9. The Morgan fingerprint density at radius 2 is 1.71 bits per heavy atom. The molecule has 0 bridgehead atoms. The number of carbonyl (C=O) groups excluding carboxylic acids is 1. The van der Waals surface area contributed by atoms with Gasteiger partial charge in [-0.05, 0) is 81.0 Å². The summed E-state index contributed by atoms with van der Waals surface area (Å²) in [5.74, 6) is 2.97. The van der Waals surface area contributed by atoms with E-state index in [0.717, 1.165) is 63.6 Å². The number of carbonyl (C=O) groups is 1. The zero-order valence-corrected chi connectivity index (χ0v) is 24.3. The normalized spacial score (nSPS) is 25.6. The zero-order chi connectivity index (χ0) is 28.2. The van der Waals surface area contributed by atoms with Crippen molar-refractivity contribution in [1.29, 1.82) is 0 Å². The van der Waals surface area contributed by atoms with Crippen LogP contribution in [0, 0.1) is 0 Å². The number of morpholine rings is 1. The van der Waals surface area contributed by atoms with Gasteiger partial charge in [-0.2, -0.15) is 5.10 Å². The monoisotopic (exact) mass is 562 g/mol. The molecular weight excluding hydrogens is 520 g/mol. The highest BCUT2D eigenvalue weighted by atomic mass is 16.5. The quantitative estimate of drug-likeness (QED) is 0.367. The summed E-state index contributed by atoms with van der Waals surface area (Å²) in [5, 5.41) is 13.8. The fourth-order valence-electron chi connectivity index (χ4n) is 6.91. The lowest BCUT2D eigenvalue weighted by Gasteiger charge is -2.38. The summed E-state index contributed by atoms with van der Waals surface area (Å²) < 4.78 is 20.6. The van der Waals surface area contributed by atoms with Gasteiger partial charge in [-0.3, -0.25) is 9.58 Å². The van der Waals surface area contributed by atoms with Crippen LogP contribution < -0.4 is 4.74 Å². The smallest absolute Gasteiger partial charge is 0.337 e. The Labute approximate surface area is 242 Å². The molecule has 1 aliphatic heterocycles. The van der Waals surface area contributed by atoms with Gasteiger partial charge in [-0.15, -0.1) is 10.2 Å². The van der Waals surface area contributed by atoms with E-state index >= 15 is 0 Å². The third kappa shape index (κ3) is 6.33. The molecule has 10 nitrogen and oxygen atoms in total. The maximum Gasteiger partial charge on any atom is 0.337 e. The van der Waals surface area contributed by atoms with E-state index in [-0.39, 0.29) is 12.6 Å². The number of methoxy groups -OCH3 is 1. The number of nitrogens with zero attached hydrogens (tertiary/aromatic N) is 6. The van der Waals surface area contributed by atoms with Gasteiger partial charge in [-0.1, -0.05) is 6.07 Å². The van der Waals surface area contributed by atoms with Crippen LogP contribution >= 0.6 is 0 Å². The SMILES string of the molecule is COC(=O)c1cccc(OCc2nnc(C3CCC(c4cnn(C5CCC(N6CCOCC6)CC5)c4)CC3)n2C)c1. The predicted octanol–water partition coefficient (Wildman–Crippen LogP) is 4.63. The Morgan fingerprint density at radius 3 is 2.46 bits per heavy atom. The minimum Gasteiger partial charge on any atom is -0.486 e. The van der Waals surface area contributed by atoms with Crippen molar-refractivity contribution in [3.63, 3.8) is 0 Å². The van der Waals surface area contributed by atoms with Crippen LogP contribution in [0.15, 0.2) is 36.7 Å². The van der Waals surface area contributed by atoms with Gasteiger partial charge in [0, 0.05) is 38.3 Å². The molecule has 6 rings (SSSR count). The lowest BCUT2D eigenvalue weighted by atomic mass is 9.79. The van der Waals surface area contributed by atoms with Crippen LogP contribution in [0.4, 0.5) is 0 Å². The molecule has 1 aromatic carbocycles. The predicted molar refractivity (Wildman–Crippen MR) is 153 cm³/mol. The minimum absolute atomic E-state index is 0.289. The van der Waals surface area contributed by atoms with Gasteiger partial charge >= 0.3 is 5.97 Å². The molecule has 41 heavy (non-hydrogen) atoms. The average Bonchev–Trinajstić information content (AvgIpc) is 3.67. The maximum absolute atomic E-state index is 11.8. The molecule has 10 heteroatoms. The Bertz CT molecular complexity index is 1300. The Morgan fingerprint density at radius 1 is 0.976 bits per heavy atom. The van der Waals surface area contributed by atoms with Gasteiger partial charge in [0.1, 0.15) is 18.2 Å². The van der Waals surface area contributed by atoms with E-state index in [0.29, 0.717) is 35.2 Å². The number of ether oxygens (including phenoxy) is 3. The first-order valence-corrected chi connectivity index (χ1v) is 15.1. The van der Waals surface area contributed by atoms with Crippen LogP contribution in [0.3, 0.4) is 0 Å². The van der Waals surface area contributed by atoms with Crippen molar-refractivity contribution in [3.05, 3.63) is 59.4 Å². The van der Waals surface area contributed by atoms with Gasteiger partial charge in [0.25, 0.3) is 0 Å². The van der Waals surface area contributed by atoms with E-state index in [1.807, 2.05) is 13.1 Å². The summed E-state index contributed by atoms with van der Waals surface area (Å²) in [4.78, 5) is 14.4. The molecule has 2 aliphatic carbocycles. The highest BCUT2D eigenvalue weighted by molar-refractivity contribution is 5.89. The van der Waals surface area contributed by atoms with Crippen molar-refractivity contribution in [1.82, 2.24) is 29.4 Å². The van der Waals surface area contributed by atoms with Gasteiger partial charge in [-0.25, -0.2) is 4.79 Å². The van der Waals surface area contributed by atoms with Gasteiger partial charge in [0.15, 0.2) is 5.82 Å². The van der Waals surface area contributed by atoms with Crippen LogP contribution in [-0.4, -0.2) is 74.9 Å². The first-order chi connectivity index (χ1) is 20.1. The lowest BCUT2D eigenvalue weighted by molar-refractivity contribution is 0.00506. The molecule has 0 unspecified atom stereocenters. The Kier molecular flexibility index (Phi) is 8.67. The van der Waals surface area contributed by atoms with Crippen LogP contribution in [0.2, 0.25) is 0 Å². The van der Waals surface area contributed by atoms with Crippen molar-refractivity contribution in [2.24, 2.45) is 7.05 Å². The molecule has 0 N–H and O–H groups in total. The number of aromatic nitrogens is 5. The van der Waals surface area contributed by atoms with E-state index in [2.05, 4.69) is 36.7 Å². The molecule has 3 fully saturated rings. The van der Waals surface area contributed by atoms with Crippen LogP contribution in [0.5, 0.6) is 5.75 Å². The van der Waals surface area contributed by atoms with Crippen molar-refractivity contribution in [3.8, 4) is 5.75 Å². The summed E-state index contributed by atoms with van der Waals surface area (Å²) in [7, 11) is 3.39. The molecule has 0 amide bonds. The molecule has 2 aromatic heterocycles. The number of hydrogen-bond donors (Lipinski definition) is 0. The lowest BCUT2D eigenvalue weighted by Crippen LogP contribution is -2.45. The first kappa shape index (κ1) is 27.9. The van der Waals surface area contributed by atoms with E-state index < -0.39 is 0 Å². The second-order valence-electron chi connectivity index (χ2n) is 11.8. The second-order valence-corrected chi connectivity index (χ2v) is 11.8. The van der Waals surface area contributed by atoms with E-state index in [4.69, 9.17) is 19.3 Å². The first-order valence-electron chi connectivity index (χ1n) is 15.1. The molecule has 1 saturated heterocycles. The average molecular weight is 563 g/mol. The van der Waals surface area contributed by atoms with Crippen molar-refractivity contribution >= 4 is 5.97 Å². The molecule has 220 valence electrons. The molecular formula is C31H42N6O4. The number of rotatable bonds is 8. The number of esters is 1. The van der Waals surface area contributed by atoms with Gasteiger partial charge in [0.2, 0.25) is 0 Å². The molecule has 0 radical (unpaired) electrons. The Balaban J connectivity index is 0.993. The van der Waals surface area contributed by atoms with Gasteiger partial charge in [0.05, 0.1) is 38.1 Å². The molecule has 3 aliphatic rings. The molecule has 0 atom stereocenters. The highest BCUT2D eigenvalue weighted by Gasteiger charge is 2.30. The fraction of sp³-hybridized carbons (Fsp3) is 0.613. The van der Waals surface area contributed by atoms with Crippen LogP contribution in [-0.2, 0) is 23.1 Å². The third-order valence-corrected chi connectivity index (χ3v) is 9.41. The van der Waals surface area contributed by atoms with E-state index in [1.165, 1.54) is 38.4 Å². The molecule has 3 aromatic rings. The largest absolute Gasteiger partial charge is 0.486 e. The second kappa shape index (κ2) is 12.7. The third-order valence-electron chi connectivity index (χ3n) is 9.41.